The minimum absolute atomic E-state index is 0.504. The fourth-order valence-corrected chi connectivity index (χ4v) is 3.96. The van der Waals surface area contributed by atoms with Gasteiger partial charge in [0.25, 0.3) is 0 Å². The van der Waals surface area contributed by atoms with Crippen molar-refractivity contribution < 1.29 is 24.4 Å². The van der Waals surface area contributed by atoms with E-state index in [0.717, 1.165) is 29.5 Å². The van der Waals surface area contributed by atoms with Crippen LogP contribution in [-0.2, 0) is 4.74 Å². The molecule has 0 heterocycles. The van der Waals surface area contributed by atoms with E-state index in [1.54, 1.807) is 24.3 Å². The number of aliphatic hydroxyl groups excluding tert-OH is 2. The summed E-state index contributed by atoms with van der Waals surface area (Å²) < 4.78 is 16.5. The molecule has 0 saturated carbocycles. The first-order chi connectivity index (χ1) is 16.6. The molecule has 5 nitrogen and oxygen atoms in total. The predicted octanol–water partition coefficient (Wildman–Crippen LogP) is 7.07. The molecule has 2 unspecified atom stereocenters. The lowest BCUT2D eigenvalue weighted by molar-refractivity contribution is -0.0770. The van der Waals surface area contributed by atoms with Gasteiger partial charge in [0.1, 0.15) is 11.5 Å². The van der Waals surface area contributed by atoms with Gasteiger partial charge in [-0.15, -0.1) is 0 Å². The topological polar surface area (TPSA) is 68.2 Å². The quantitative estimate of drug-likeness (QED) is 0.185. The summed E-state index contributed by atoms with van der Waals surface area (Å²) in [6.07, 6.45) is 8.21. The molecule has 0 bridgehead atoms. The van der Waals surface area contributed by atoms with Crippen molar-refractivity contribution in [1.82, 2.24) is 0 Å². The molecule has 184 valence electrons. The Morgan fingerprint density at radius 1 is 0.647 bits per heavy atom. The molecule has 0 amide bonds. The van der Waals surface area contributed by atoms with Crippen LogP contribution in [0.1, 0.15) is 82.0 Å². The Bertz CT molecular complexity index is 985. The minimum atomic E-state index is -1.10. The maximum absolute atomic E-state index is 10.5. The molecular weight excluding hydrogens is 428 g/mol. The molecule has 0 aromatic heterocycles. The zero-order chi connectivity index (χ0) is 24.2. The molecule has 0 aliphatic heterocycles. The number of ether oxygens (including phenoxy) is 3. The third kappa shape index (κ3) is 8.01. The first-order valence-electron chi connectivity index (χ1n) is 12.4. The zero-order valence-electron chi connectivity index (χ0n) is 20.4. The van der Waals surface area contributed by atoms with E-state index in [-0.39, 0.29) is 0 Å². The van der Waals surface area contributed by atoms with E-state index in [4.69, 9.17) is 14.2 Å². The Labute approximate surface area is 203 Å². The molecule has 2 atom stereocenters. The van der Waals surface area contributed by atoms with Crippen LogP contribution in [0.25, 0.3) is 10.8 Å². The summed E-state index contributed by atoms with van der Waals surface area (Å²) in [5.41, 5.74) is 1.29. The second-order valence-corrected chi connectivity index (χ2v) is 8.72. The maximum Gasteiger partial charge on any atom is 0.224 e. The van der Waals surface area contributed by atoms with Crippen molar-refractivity contribution in [3.63, 3.8) is 0 Å². The summed E-state index contributed by atoms with van der Waals surface area (Å²) in [5.74, 6) is 1.38. The molecule has 0 aliphatic carbocycles. The van der Waals surface area contributed by atoms with Gasteiger partial charge in [-0.3, -0.25) is 0 Å². The number of fused-ring (bicyclic) bond motifs is 1. The van der Waals surface area contributed by atoms with Crippen molar-refractivity contribution in [2.24, 2.45) is 0 Å². The number of methoxy groups -OCH3 is 1. The molecule has 0 fully saturated rings. The van der Waals surface area contributed by atoms with E-state index in [0.29, 0.717) is 16.9 Å². The molecule has 3 rings (SSSR count). The summed E-state index contributed by atoms with van der Waals surface area (Å²) in [7, 11) is 1.44. The molecular formula is C29H38O5. The van der Waals surface area contributed by atoms with E-state index >= 15 is 0 Å². The third-order valence-electron chi connectivity index (χ3n) is 6.02. The van der Waals surface area contributed by atoms with Gasteiger partial charge >= 0.3 is 0 Å². The van der Waals surface area contributed by atoms with Crippen molar-refractivity contribution in [3.05, 3.63) is 71.8 Å². The van der Waals surface area contributed by atoms with Gasteiger partial charge in [-0.1, -0.05) is 82.2 Å². The van der Waals surface area contributed by atoms with Gasteiger partial charge in [-0.25, -0.2) is 0 Å². The molecule has 5 heteroatoms. The molecule has 3 aromatic carbocycles. The Balaban J connectivity index is 1.47. The van der Waals surface area contributed by atoms with Crippen LogP contribution in [0.4, 0.5) is 0 Å². The first-order valence-corrected chi connectivity index (χ1v) is 12.4. The molecule has 3 aromatic rings. The molecule has 0 radical (unpaired) electrons. The van der Waals surface area contributed by atoms with Gasteiger partial charge in [-0.2, -0.15) is 0 Å². The highest BCUT2D eigenvalue weighted by Crippen LogP contribution is 2.27. The number of aliphatic hydroxyl groups is 2. The highest BCUT2D eigenvalue weighted by Gasteiger charge is 2.12. The third-order valence-corrected chi connectivity index (χ3v) is 6.02. The van der Waals surface area contributed by atoms with Crippen molar-refractivity contribution in [3.8, 4) is 11.5 Å². The summed E-state index contributed by atoms with van der Waals surface area (Å²) in [6, 6.07) is 18.6. The minimum Gasteiger partial charge on any atom is -0.494 e. The highest BCUT2D eigenvalue weighted by molar-refractivity contribution is 5.84. The van der Waals surface area contributed by atoms with Gasteiger partial charge in [-0.05, 0) is 47.5 Å². The number of hydrogen-bond acceptors (Lipinski definition) is 5. The number of rotatable bonds is 15. The second-order valence-electron chi connectivity index (χ2n) is 8.72. The fraction of sp³-hybridized carbons (Fsp3) is 0.448. The monoisotopic (exact) mass is 466 g/mol. The predicted molar refractivity (Wildman–Crippen MR) is 136 cm³/mol. The van der Waals surface area contributed by atoms with Crippen LogP contribution in [0, 0.1) is 0 Å². The lowest BCUT2D eigenvalue weighted by Gasteiger charge is -2.16. The average molecular weight is 467 g/mol. The van der Waals surface area contributed by atoms with E-state index in [1.165, 1.54) is 52.1 Å². The standard InChI is InChI=1S/C29H38O5/c1-3-4-5-6-7-8-9-10-19-33-27-18-15-23-20-25(12-11-24(23)21-27)29(31)34-26-16-13-22(14-17-26)28(30)32-2/h11-18,20-21,28-31H,3-10,19H2,1-2H3. The average Bonchev–Trinajstić information content (AvgIpc) is 2.87. The van der Waals surface area contributed by atoms with Gasteiger partial charge in [0.2, 0.25) is 6.29 Å². The fourth-order valence-electron chi connectivity index (χ4n) is 3.96. The summed E-state index contributed by atoms with van der Waals surface area (Å²) in [4.78, 5) is 0. The highest BCUT2D eigenvalue weighted by atomic mass is 16.6. The molecule has 34 heavy (non-hydrogen) atoms. The number of benzene rings is 3. The SMILES string of the molecule is CCCCCCCCCCOc1ccc2cc(C(O)Oc3ccc(C(O)OC)cc3)ccc2c1. The van der Waals surface area contributed by atoms with Crippen molar-refractivity contribution in [2.75, 3.05) is 13.7 Å². The first kappa shape index (κ1) is 26.0. The number of unbranched alkanes of at least 4 members (excludes halogenated alkanes) is 7. The smallest absolute Gasteiger partial charge is 0.224 e. The van der Waals surface area contributed by atoms with Gasteiger partial charge in [0.05, 0.1) is 6.61 Å². The Morgan fingerprint density at radius 3 is 1.94 bits per heavy atom. The summed E-state index contributed by atoms with van der Waals surface area (Å²) in [5, 5.41) is 22.3. The van der Waals surface area contributed by atoms with Crippen LogP contribution >= 0.6 is 0 Å². The summed E-state index contributed by atoms with van der Waals surface area (Å²) >= 11 is 0. The lowest BCUT2D eigenvalue weighted by Crippen LogP contribution is -2.06. The normalized spacial score (nSPS) is 13.1. The zero-order valence-corrected chi connectivity index (χ0v) is 20.4. The summed E-state index contributed by atoms with van der Waals surface area (Å²) in [6.45, 7) is 2.99. The van der Waals surface area contributed by atoms with E-state index < -0.39 is 12.6 Å². The number of hydrogen-bond donors (Lipinski definition) is 2. The second kappa shape index (κ2) is 14.0. The van der Waals surface area contributed by atoms with Crippen LogP contribution < -0.4 is 9.47 Å². The van der Waals surface area contributed by atoms with Crippen LogP contribution in [0.3, 0.4) is 0 Å². The Kier molecular flexibility index (Phi) is 10.7. The van der Waals surface area contributed by atoms with Crippen LogP contribution in [-0.4, -0.2) is 23.9 Å². The van der Waals surface area contributed by atoms with Crippen LogP contribution in [0.15, 0.2) is 60.7 Å². The molecule has 0 aliphatic rings. The van der Waals surface area contributed by atoms with E-state index in [9.17, 15) is 10.2 Å². The molecule has 0 spiro atoms. The molecule has 0 saturated heterocycles. The Morgan fingerprint density at radius 2 is 1.24 bits per heavy atom. The maximum atomic E-state index is 10.5. The van der Waals surface area contributed by atoms with Crippen molar-refractivity contribution in [1.29, 1.82) is 0 Å². The van der Waals surface area contributed by atoms with E-state index in [2.05, 4.69) is 6.92 Å². The van der Waals surface area contributed by atoms with Gasteiger partial charge < -0.3 is 24.4 Å². The van der Waals surface area contributed by atoms with E-state index in [1.807, 2.05) is 36.4 Å². The van der Waals surface area contributed by atoms with Crippen molar-refractivity contribution >= 4 is 10.8 Å². The largest absolute Gasteiger partial charge is 0.494 e. The van der Waals surface area contributed by atoms with Gasteiger partial charge in [0.15, 0.2) is 6.29 Å². The van der Waals surface area contributed by atoms with Gasteiger partial charge in [0, 0.05) is 18.2 Å². The molecule has 2 N–H and O–H groups in total. The van der Waals surface area contributed by atoms with Crippen LogP contribution in [0.2, 0.25) is 0 Å². The Hall–Kier alpha value is -2.60. The lowest BCUT2D eigenvalue weighted by atomic mass is 10.1. The van der Waals surface area contributed by atoms with Crippen LogP contribution in [0.5, 0.6) is 11.5 Å². The van der Waals surface area contributed by atoms with Crippen molar-refractivity contribution in [2.45, 2.75) is 70.9 Å².